The molecule has 4 heteroatoms. The largest absolute Gasteiger partial charge is 0.390 e. The third-order valence-corrected chi connectivity index (χ3v) is 2.96. The Morgan fingerprint density at radius 1 is 1.29 bits per heavy atom. The summed E-state index contributed by atoms with van der Waals surface area (Å²) in [6.45, 7) is 4.40. The standard InChI is InChI=1S/C10H18F3N/c1-7(2)8-5-9(6-8)14-4-3-10(11,12)13/h7-9,14H,3-6H2,1-2H3. The van der Waals surface area contributed by atoms with Crippen molar-refractivity contribution < 1.29 is 13.2 Å². The van der Waals surface area contributed by atoms with Gasteiger partial charge < -0.3 is 5.32 Å². The maximum atomic E-state index is 11.8. The summed E-state index contributed by atoms with van der Waals surface area (Å²) >= 11 is 0. The van der Waals surface area contributed by atoms with Crippen molar-refractivity contribution in [1.29, 1.82) is 0 Å². The Morgan fingerprint density at radius 2 is 1.86 bits per heavy atom. The molecule has 14 heavy (non-hydrogen) atoms. The molecule has 1 rings (SSSR count). The van der Waals surface area contributed by atoms with Gasteiger partial charge in [-0.05, 0) is 24.7 Å². The Balaban J connectivity index is 2.01. The van der Waals surface area contributed by atoms with Gasteiger partial charge in [-0.15, -0.1) is 0 Å². The maximum Gasteiger partial charge on any atom is 0.390 e. The van der Waals surface area contributed by atoms with E-state index in [0.717, 1.165) is 12.8 Å². The van der Waals surface area contributed by atoms with Gasteiger partial charge in [-0.2, -0.15) is 13.2 Å². The molecule has 1 fully saturated rings. The summed E-state index contributed by atoms with van der Waals surface area (Å²) < 4.78 is 35.4. The van der Waals surface area contributed by atoms with Crippen LogP contribution in [0.3, 0.4) is 0 Å². The highest BCUT2D eigenvalue weighted by atomic mass is 19.4. The lowest BCUT2D eigenvalue weighted by Crippen LogP contribution is -2.44. The first-order valence-corrected chi connectivity index (χ1v) is 5.18. The van der Waals surface area contributed by atoms with Gasteiger partial charge in [-0.25, -0.2) is 0 Å². The summed E-state index contributed by atoms with van der Waals surface area (Å²) in [5.74, 6) is 1.37. The van der Waals surface area contributed by atoms with Crippen LogP contribution in [0.4, 0.5) is 13.2 Å². The van der Waals surface area contributed by atoms with Crippen LogP contribution in [0.15, 0.2) is 0 Å². The molecule has 84 valence electrons. The topological polar surface area (TPSA) is 12.0 Å². The van der Waals surface area contributed by atoms with Gasteiger partial charge in [-0.1, -0.05) is 13.8 Å². The fraction of sp³-hybridized carbons (Fsp3) is 1.00. The Labute approximate surface area is 83.1 Å². The van der Waals surface area contributed by atoms with Crippen molar-refractivity contribution in [2.75, 3.05) is 6.54 Å². The number of nitrogens with one attached hydrogen (secondary N) is 1. The lowest BCUT2D eigenvalue weighted by Gasteiger charge is -2.38. The molecule has 0 spiro atoms. The minimum Gasteiger partial charge on any atom is -0.314 e. The molecule has 0 aliphatic heterocycles. The summed E-state index contributed by atoms with van der Waals surface area (Å²) in [6.07, 6.45) is -2.66. The average molecular weight is 209 g/mol. The zero-order valence-corrected chi connectivity index (χ0v) is 8.69. The van der Waals surface area contributed by atoms with E-state index in [4.69, 9.17) is 0 Å². The predicted molar refractivity (Wildman–Crippen MR) is 50.0 cm³/mol. The Kier molecular flexibility index (Phi) is 3.81. The van der Waals surface area contributed by atoms with Crippen molar-refractivity contribution in [3.8, 4) is 0 Å². The number of halogens is 3. The predicted octanol–water partition coefficient (Wildman–Crippen LogP) is 2.96. The minimum atomic E-state index is -4.02. The molecule has 0 radical (unpaired) electrons. The molecule has 0 aromatic heterocycles. The first-order valence-electron chi connectivity index (χ1n) is 5.18. The summed E-state index contributed by atoms with van der Waals surface area (Å²) in [5, 5.41) is 2.94. The van der Waals surface area contributed by atoms with Crippen LogP contribution >= 0.6 is 0 Å². The SMILES string of the molecule is CC(C)C1CC(NCCC(F)(F)F)C1. The van der Waals surface area contributed by atoms with Crippen molar-refractivity contribution in [3.05, 3.63) is 0 Å². The maximum absolute atomic E-state index is 11.8. The zero-order chi connectivity index (χ0) is 10.8. The fourth-order valence-electron chi connectivity index (χ4n) is 1.79. The fourth-order valence-corrected chi connectivity index (χ4v) is 1.79. The molecule has 1 aliphatic carbocycles. The Hall–Kier alpha value is -0.250. The monoisotopic (exact) mass is 209 g/mol. The second kappa shape index (κ2) is 4.51. The minimum absolute atomic E-state index is 0.0684. The van der Waals surface area contributed by atoms with Crippen molar-refractivity contribution in [2.24, 2.45) is 11.8 Å². The first kappa shape index (κ1) is 11.8. The van der Waals surface area contributed by atoms with Crippen LogP contribution in [0.2, 0.25) is 0 Å². The van der Waals surface area contributed by atoms with Crippen LogP contribution in [0.1, 0.15) is 33.1 Å². The molecule has 1 saturated carbocycles. The Morgan fingerprint density at radius 3 is 2.29 bits per heavy atom. The van der Waals surface area contributed by atoms with Gasteiger partial charge in [0.1, 0.15) is 0 Å². The van der Waals surface area contributed by atoms with E-state index in [2.05, 4.69) is 19.2 Å². The van der Waals surface area contributed by atoms with Crippen molar-refractivity contribution in [2.45, 2.75) is 45.3 Å². The van der Waals surface area contributed by atoms with E-state index in [1.165, 1.54) is 0 Å². The number of rotatable bonds is 4. The van der Waals surface area contributed by atoms with Crippen LogP contribution in [0, 0.1) is 11.8 Å². The molecule has 0 amide bonds. The highest BCUT2D eigenvalue weighted by Crippen LogP contribution is 2.33. The number of alkyl halides is 3. The van der Waals surface area contributed by atoms with Crippen molar-refractivity contribution >= 4 is 0 Å². The molecule has 0 heterocycles. The Bertz CT molecular complexity index is 171. The van der Waals surface area contributed by atoms with E-state index in [1.807, 2.05) is 0 Å². The quantitative estimate of drug-likeness (QED) is 0.750. The molecule has 0 unspecified atom stereocenters. The molecule has 1 nitrogen and oxygen atoms in total. The molecule has 1 N–H and O–H groups in total. The van der Waals surface area contributed by atoms with Crippen LogP contribution in [-0.4, -0.2) is 18.8 Å². The first-order chi connectivity index (χ1) is 6.38. The smallest absolute Gasteiger partial charge is 0.314 e. The lowest BCUT2D eigenvalue weighted by atomic mass is 9.74. The van der Waals surface area contributed by atoms with E-state index in [-0.39, 0.29) is 6.54 Å². The molecular weight excluding hydrogens is 191 g/mol. The third kappa shape index (κ3) is 3.86. The van der Waals surface area contributed by atoms with E-state index in [0.29, 0.717) is 17.9 Å². The molecule has 0 saturated heterocycles. The van der Waals surface area contributed by atoms with Gasteiger partial charge >= 0.3 is 6.18 Å². The van der Waals surface area contributed by atoms with Gasteiger partial charge in [-0.3, -0.25) is 0 Å². The molecule has 0 bridgehead atoms. The average Bonchev–Trinajstić information content (AvgIpc) is 1.90. The third-order valence-electron chi connectivity index (χ3n) is 2.96. The molecule has 1 aliphatic rings. The lowest BCUT2D eigenvalue weighted by molar-refractivity contribution is -0.134. The van der Waals surface area contributed by atoms with Gasteiger partial charge in [0.05, 0.1) is 6.42 Å². The van der Waals surface area contributed by atoms with E-state index in [1.54, 1.807) is 0 Å². The zero-order valence-electron chi connectivity index (χ0n) is 8.69. The van der Waals surface area contributed by atoms with Gasteiger partial charge in [0.15, 0.2) is 0 Å². The van der Waals surface area contributed by atoms with E-state index >= 15 is 0 Å². The summed E-state index contributed by atoms with van der Waals surface area (Å²) in [7, 11) is 0. The van der Waals surface area contributed by atoms with Crippen LogP contribution < -0.4 is 5.32 Å². The summed E-state index contributed by atoms with van der Waals surface area (Å²) in [6, 6.07) is 0.324. The summed E-state index contributed by atoms with van der Waals surface area (Å²) in [4.78, 5) is 0. The van der Waals surface area contributed by atoms with Crippen molar-refractivity contribution in [1.82, 2.24) is 5.32 Å². The second-order valence-corrected chi connectivity index (χ2v) is 4.49. The van der Waals surface area contributed by atoms with Gasteiger partial charge in [0.2, 0.25) is 0 Å². The molecule has 0 aromatic carbocycles. The van der Waals surface area contributed by atoms with Gasteiger partial charge in [0, 0.05) is 12.6 Å². The van der Waals surface area contributed by atoms with Gasteiger partial charge in [0.25, 0.3) is 0 Å². The van der Waals surface area contributed by atoms with E-state index < -0.39 is 12.6 Å². The number of hydrogen-bond donors (Lipinski definition) is 1. The molecule has 0 atom stereocenters. The van der Waals surface area contributed by atoms with Crippen LogP contribution in [-0.2, 0) is 0 Å². The second-order valence-electron chi connectivity index (χ2n) is 4.49. The highest BCUT2D eigenvalue weighted by molar-refractivity contribution is 4.86. The molecular formula is C10H18F3N. The summed E-state index contributed by atoms with van der Waals surface area (Å²) in [5.41, 5.74) is 0. The number of hydrogen-bond acceptors (Lipinski definition) is 1. The highest BCUT2D eigenvalue weighted by Gasteiger charge is 2.32. The normalized spacial score (nSPS) is 27.9. The van der Waals surface area contributed by atoms with Crippen LogP contribution in [0.5, 0.6) is 0 Å². The van der Waals surface area contributed by atoms with Crippen LogP contribution in [0.25, 0.3) is 0 Å². The van der Waals surface area contributed by atoms with Crippen molar-refractivity contribution in [3.63, 3.8) is 0 Å². The molecule has 0 aromatic rings. The van der Waals surface area contributed by atoms with E-state index in [9.17, 15) is 13.2 Å².